The Hall–Kier alpha value is -4.94. The van der Waals surface area contributed by atoms with E-state index in [4.69, 9.17) is 4.42 Å². The molecule has 0 aliphatic carbocycles. The van der Waals surface area contributed by atoms with Gasteiger partial charge >= 0.3 is 12.2 Å². The summed E-state index contributed by atoms with van der Waals surface area (Å²) in [6.07, 6.45) is 1.84. The van der Waals surface area contributed by atoms with Crippen molar-refractivity contribution in [3.8, 4) is 22.9 Å². The van der Waals surface area contributed by atoms with Gasteiger partial charge in [0.15, 0.2) is 0 Å². The fraction of sp³-hybridized carbons (Fsp3) is 0.357. The monoisotopic (exact) mass is 562 g/mol. The van der Waals surface area contributed by atoms with Crippen LogP contribution < -0.4 is 10.6 Å². The maximum atomic E-state index is 12.7. The van der Waals surface area contributed by atoms with Gasteiger partial charge in [-0.1, -0.05) is 0 Å². The van der Waals surface area contributed by atoms with Crippen LogP contribution in [-0.4, -0.2) is 79.4 Å². The molecular weight excluding hydrogens is 532 g/mol. The van der Waals surface area contributed by atoms with Gasteiger partial charge in [-0.15, -0.1) is 10.2 Å². The molecule has 13 nitrogen and oxygen atoms in total. The molecular formula is C28H30N6O7. The molecule has 2 aliphatic rings. The summed E-state index contributed by atoms with van der Waals surface area (Å²) in [6, 6.07) is 12.2. The zero-order valence-corrected chi connectivity index (χ0v) is 22.2. The number of benzene rings is 2. The second-order valence-electron chi connectivity index (χ2n) is 10.0. The van der Waals surface area contributed by atoms with Gasteiger partial charge in [-0.3, -0.25) is 19.4 Å². The van der Waals surface area contributed by atoms with Crippen molar-refractivity contribution < 1.29 is 33.8 Å². The smallest absolute Gasteiger partial charge is 0.407 e. The Morgan fingerprint density at radius 1 is 0.659 bits per heavy atom. The Morgan fingerprint density at radius 2 is 1.05 bits per heavy atom. The van der Waals surface area contributed by atoms with Crippen LogP contribution in [0.3, 0.4) is 0 Å². The summed E-state index contributed by atoms with van der Waals surface area (Å²) >= 11 is 0. The van der Waals surface area contributed by atoms with Crippen molar-refractivity contribution >= 4 is 35.4 Å². The van der Waals surface area contributed by atoms with Crippen LogP contribution in [0.4, 0.5) is 21.0 Å². The van der Waals surface area contributed by atoms with Crippen molar-refractivity contribution in [2.24, 2.45) is 0 Å². The second kappa shape index (κ2) is 12.1. The lowest BCUT2D eigenvalue weighted by molar-refractivity contribution is -0.122. The quantitative estimate of drug-likeness (QED) is 0.340. The molecule has 0 spiro atoms. The molecule has 13 heteroatoms. The van der Waals surface area contributed by atoms with Gasteiger partial charge in [0.25, 0.3) is 0 Å². The third-order valence-corrected chi connectivity index (χ3v) is 7.33. The standard InChI is InChI=1S/C28H30N6O7/c35-23(21-5-1-3-15-33(21)27(37)38)29-19-11-7-17(8-12-19)25-31-32-26(41-25)18-9-13-20(14-10-18)30-24(36)22-6-2-4-16-34(22)28(39)40/h7-14,21-22H,1-6,15-16H2,(H,29,35)(H,30,36)(H,37,38)(H,39,40)/t21-,22-/m1/s1. The lowest BCUT2D eigenvalue weighted by Crippen LogP contribution is -2.49. The molecule has 0 saturated carbocycles. The molecule has 2 atom stereocenters. The Kier molecular flexibility index (Phi) is 8.13. The predicted octanol–water partition coefficient (Wildman–Crippen LogP) is 4.35. The van der Waals surface area contributed by atoms with E-state index >= 15 is 0 Å². The summed E-state index contributed by atoms with van der Waals surface area (Å²) in [5.41, 5.74) is 2.30. The van der Waals surface area contributed by atoms with Gasteiger partial charge in [0.1, 0.15) is 12.1 Å². The second-order valence-corrected chi connectivity index (χ2v) is 10.0. The van der Waals surface area contributed by atoms with Gasteiger partial charge in [0.2, 0.25) is 23.6 Å². The number of nitrogens with one attached hydrogen (secondary N) is 2. The van der Waals surface area contributed by atoms with Crippen molar-refractivity contribution in [1.29, 1.82) is 0 Å². The summed E-state index contributed by atoms with van der Waals surface area (Å²) in [6.45, 7) is 0.685. The number of carbonyl (C=O) groups excluding carboxylic acids is 2. The molecule has 5 rings (SSSR count). The van der Waals surface area contributed by atoms with Gasteiger partial charge in [0.05, 0.1) is 0 Å². The molecule has 41 heavy (non-hydrogen) atoms. The average Bonchev–Trinajstić information content (AvgIpc) is 3.48. The van der Waals surface area contributed by atoms with Crippen LogP contribution in [0.15, 0.2) is 52.9 Å². The maximum Gasteiger partial charge on any atom is 0.407 e. The first-order valence-corrected chi connectivity index (χ1v) is 13.5. The number of hydrogen-bond acceptors (Lipinski definition) is 7. The maximum absolute atomic E-state index is 12.7. The lowest BCUT2D eigenvalue weighted by Gasteiger charge is -2.32. The molecule has 2 aliphatic heterocycles. The highest BCUT2D eigenvalue weighted by molar-refractivity contribution is 5.97. The largest absolute Gasteiger partial charge is 0.465 e. The summed E-state index contributed by atoms with van der Waals surface area (Å²) in [5, 5.41) is 32.5. The molecule has 3 aromatic rings. The number of anilines is 2. The molecule has 1 aromatic heterocycles. The number of hydrogen-bond donors (Lipinski definition) is 4. The van der Waals surface area contributed by atoms with Crippen LogP contribution in [0.2, 0.25) is 0 Å². The Labute approximate surface area is 235 Å². The lowest BCUT2D eigenvalue weighted by atomic mass is 10.0. The minimum Gasteiger partial charge on any atom is -0.465 e. The third-order valence-electron chi connectivity index (χ3n) is 7.33. The average molecular weight is 563 g/mol. The van der Waals surface area contributed by atoms with E-state index in [0.29, 0.717) is 48.4 Å². The van der Waals surface area contributed by atoms with Crippen LogP contribution in [0, 0.1) is 0 Å². The fourth-order valence-electron chi connectivity index (χ4n) is 5.17. The molecule has 3 heterocycles. The van der Waals surface area contributed by atoms with Crippen LogP contribution >= 0.6 is 0 Å². The Balaban J connectivity index is 1.20. The number of carbonyl (C=O) groups is 4. The number of rotatable bonds is 6. The summed E-state index contributed by atoms with van der Waals surface area (Å²) in [7, 11) is 0. The van der Waals surface area contributed by atoms with Gasteiger partial charge < -0.3 is 25.3 Å². The SMILES string of the molecule is O=C(Nc1ccc(-c2nnc(-c3ccc(NC(=O)[C@H]4CCCCN4C(=O)O)cc3)o2)cc1)[C@H]1CCCCN1C(=O)O. The molecule has 2 fully saturated rings. The van der Waals surface area contributed by atoms with Crippen LogP contribution in [-0.2, 0) is 9.59 Å². The highest BCUT2D eigenvalue weighted by Gasteiger charge is 2.33. The topological polar surface area (TPSA) is 178 Å². The first-order chi connectivity index (χ1) is 19.8. The summed E-state index contributed by atoms with van der Waals surface area (Å²) in [4.78, 5) is 50.7. The highest BCUT2D eigenvalue weighted by Crippen LogP contribution is 2.27. The van der Waals surface area contributed by atoms with Gasteiger partial charge in [-0.2, -0.15) is 0 Å². The van der Waals surface area contributed by atoms with Gasteiger partial charge in [-0.05, 0) is 87.1 Å². The number of aromatic nitrogens is 2. The van der Waals surface area contributed by atoms with E-state index in [1.807, 2.05) is 0 Å². The Morgan fingerprint density at radius 3 is 1.41 bits per heavy atom. The summed E-state index contributed by atoms with van der Waals surface area (Å²) < 4.78 is 5.83. The minimum absolute atomic E-state index is 0.269. The predicted molar refractivity (Wildman–Crippen MR) is 147 cm³/mol. The molecule has 4 amide bonds. The number of amides is 4. The number of nitrogens with zero attached hydrogens (tertiary/aromatic N) is 4. The van der Waals surface area contributed by atoms with Gasteiger partial charge in [0, 0.05) is 35.6 Å². The molecule has 4 N–H and O–H groups in total. The van der Waals surface area contributed by atoms with E-state index in [-0.39, 0.29) is 23.6 Å². The first kappa shape index (κ1) is 27.6. The van der Waals surface area contributed by atoms with E-state index in [2.05, 4.69) is 20.8 Å². The number of carboxylic acid groups (broad SMARTS) is 2. The van der Waals surface area contributed by atoms with Crippen molar-refractivity contribution in [3.63, 3.8) is 0 Å². The van der Waals surface area contributed by atoms with Crippen molar-refractivity contribution in [1.82, 2.24) is 20.0 Å². The van der Waals surface area contributed by atoms with Gasteiger partial charge in [-0.25, -0.2) is 9.59 Å². The zero-order chi connectivity index (χ0) is 28.9. The molecule has 214 valence electrons. The molecule has 2 saturated heterocycles. The fourth-order valence-corrected chi connectivity index (χ4v) is 5.17. The van der Waals surface area contributed by atoms with Crippen molar-refractivity contribution in [2.45, 2.75) is 50.6 Å². The van der Waals surface area contributed by atoms with Crippen molar-refractivity contribution in [3.05, 3.63) is 48.5 Å². The molecule has 0 unspecified atom stereocenters. The van der Waals surface area contributed by atoms with Crippen LogP contribution in [0.1, 0.15) is 38.5 Å². The third kappa shape index (κ3) is 6.29. The number of piperidine rings is 2. The number of likely N-dealkylation sites (tertiary alicyclic amines) is 2. The minimum atomic E-state index is -1.10. The summed E-state index contributed by atoms with van der Waals surface area (Å²) in [5.74, 6) is -0.189. The van der Waals surface area contributed by atoms with Crippen molar-refractivity contribution in [2.75, 3.05) is 23.7 Å². The van der Waals surface area contributed by atoms with E-state index < -0.39 is 24.3 Å². The van der Waals surface area contributed by atoms with E-state index in [0.717, 1.165) is 25.7 Å². The van der Waals surface area contributed by atoms with E-state index in [1.165, 1.54) is 9.80 Å². The molecule has 0 radical (unpaired) electrons. The van der Waals surface area contributed by atoms with E-state index in [1.54, 1.807) is 48.5 Å². The zero-order valence-electron chi connectivity index (χ0n) is 22.2. The van der Waals surface area contributed by atoms with Crippen LogP contribution in [0.25, 0.3) is 22.9 Å². The van der Waals surface area contributed by atoms with Crippen LogP contribution in [0.5, 0.6) is 0 Å². The molecule has 2 aromatic carbocycles. The highest BCUT2D eigenvalue weighted by atomic mass is 16.4. The Bertz CT molecular complexity index is 1320. The first-order valence-electron chi connectivity index (χ1n) is 13.5. The normalized spacial score (nSPS) is 18.9. The van der Waals surface area contributed by atoms with E-state index in [9.17, 15) is 29.4 Å². The molecule has 0 bridgehead atoms.